The molecule has 0 aromatic carbocycles. The molecule has 0 aliphatic heterocycles. The standard InChI is InChI=1S/C5H3Cl2N.Fe/c6-4-2-1-3-8-5(4)7;/h1-3H;. The van der Waals surface area contributed by atoms with Gasteiger partial charge in [0, 0.05) is 23.3 Å². The predicted octanol–water partition coefficient (Wildman–Crippen LogP) is 2.39. The Kier molecular flexibility index (Phi) is 4.24. The molecule has 1 aromatic heterocycles. The Morgan fingerprint density at radius 3 is 2.33 bits per heavy atom. The fourth-order valence-electron chi connectivity index (χ4n) is 0.366. The van der Waals surface area contributed by atoms with Crippen molar-refractivity contribution >= 4 is 23.2 Å². The van der Waals surface area contributed by atoms with Crippen LogP contribution in [0.15, 0.2) is 18.3 Å². The second-order valence-corrected chi connectivity index (χ2v) is 2.04. The van der Waals surface area contributed by atoms with Crippen LogP contribution in [-0.4, -0.2) is 4.98 Å². The molecular formula is C5H3Cl2FeN. The minimum atomic E-state index is 0. The van der Waals surface area contributed by atoms with E-state index in [0.717, 1.165) is 0 Å². The van der Waals surface area contributed by atoms with Crippen LogP contribution in [0.1, 0.15) is 0 Å². The fourth-order valence-corrected chi connectivity index (χ4v) is 0.607. The number of halogens is 2. The maximum absolute atomic E-state index is 5.51. The molecule has 1 nitrogen and oxygen atoms in total. The Balaban J connectivity index is 0.000000640. The zero-order valence-electron chi connectivity index (χ0n) is 4.29. The van der Waals surface area contributed by atoms with E-state index in [1.807, 2.05) is 0 Å². The first kappa shape index (κ1) is 9.25. The number of nitrogens with zero attached hydrogens (tertiary/aromatic N) is 1. The van der Waals surface area contributed by atoms with Crippen LogP contribution in [0, 0.1) is 0 Å². The van der Waals surface area contributed by atoms with E-state index in [-0.39, 0.29) is 17.1 Å². The molecule has 0 spiro atoms. The Labute approximate surface area is 73.9 Å². The van der Waals surface area contributed by atoms with Gasteiger partial charge in [0.2, 0.25) is 0 Å². The summed E-state index contributed by atoms with van der Waals surface area (Å²) in [6, 6.07) is 3.42. The summed E-state index contributed by atoms with van der Waals surface area (Å²) in [7, 11) is 0. The maximum Gasteiger partial charge on any atom is 0.147 e. The molecule has 0 radical (unpaired) electrons. The quantitative estimate of drug-likeness (QED) is 0.466. The molecule has 0 N–H and O–H groups in total. The summed E-state index contributed by atoms with van der Waals surface area (Å²) in [5.41, 5.74) is 0. The zero-order valence-corrected chi connectivity index (χ0v) is 6.90. The summed E-state index contributed by atoms with van der Waals surface area (Å²) in [5.74, 6) is 0. The summed E-state index contributed by atoms with van der Waals surface area (Å²) < 4.78 is 0. The van der Waals surface area contributed by atoms with Gasteiger partial charge in [0.05, 0.1) is 5.02 Å². The Morgan fingerprint density at radius 2 is 2.00 bits per heavy atom. The molecule has 0 fully saturated rings. The van der Waals surface area contributed by atoms with Crippen molar-refractivity contribution in [3.05, 3.63) is 28.5 Å². The molecule has 50 valence electrons. The van der Waals surface area contributed by atoms with Crippen LogP contribution in [0.2, 0.25) is 10.2 Å². The number of pyridine rings is 1. The van der Waals surface area contributed by atoms with Crippen molar-refractivity contribution < 1.29 is 17.1 Å². The average molecular weight is 204 g/mol. The molecule has 1 heterocycles. The molecule has 0 atom stereocenters. The van der Waals surface area contributed by atoms with Crippen LogP contribution in [0.5, 0.6) is 0 Å². The summed E-state index contributed by atoms with van der Waals surface area (Å²) >= 11 is 11.0. The third kappa shape index (κ3) is 2.55. The van der Waals surface area contributed by atoms with Gasteiger partial charge in [-0.2, -0.15) is 0 Å². The first-order chi connectivity index (χ1) is 3.80. The van der Waals surface area contributed by atoms with Crippen molar-refractivity contribution in [2.24, 2.45) is 0 Å². The van der Waals surface area contributed by atoms with Gasteiger partial charge in [-0.15, -0.1) is 0 Å². The van der Waals surface area contributed by atoms with Crippen LogP contribution >= 0.6 is 23.2 Å². The van der Waals surface area contributed by atoms with Gasteiger partial charge in [-0.1, -0.05) is 23.2 Å². The molecule has 1 rings (SSSR count). The van der Waals surface area contributed by atoms with Gasteiger partial charge < -0.3 is 0 Å². The summed E-state index contributed by atoms with van der Waals surface area (Å²) in [6.45, 7) is 0. The third-order valence-electron chi connectivity index (χ3n) is 0.714. The average Bonchev–Trinajstić information content (AvgIpc) is 1.77. The molecule has 0 aliphatic carbocycles. The second kappa shape index (κ2) is 4.13. The number of hydrogen-bond acceptors (Lipinski definition) is 1. The maximum atomic E-state index is 5.51. The smallest absolute Gasteiger partial charge is 0.147 e. The topological polar surface area (TPSA) is 12.9 Å². The van der Waals surface area contributed by atoms with E-state index >= 15 is 0 Å². The molecule has 0 aliphatic rings. The fraction of sp³-hybridized carbons (Fsp3) is 0. The van der Waals surface area contributed by atoms with Gasteiger partial charge in [-0.05, 0) is 12.1 Å². The number of rotatable bonds is 0. The Bertz CT molecular complexity index is 171. The summed E-state index contributed by atoms with van der Waals surface area (Å²) in [5, 5.41) is 0.850. The van der Waals surface area contributed by atoms with Gasteiger partial charge in [-0.3, -0.25) is 0 Å². The van der Waals surface area contributed by atoms with E-state index in [2.05, 4.69) is 4.98 Å². The molecule has 4 heteroatoms. The van der Waals surface area contributed by atoms with Crippen molar-refractivity contribution in [3.63, 3.8) is 0 Å². The van der Waals surface area contributed by atoms with E-state index in [0.29, 0.717) is 10.2 Å². The van der Waals surface area contributed by atoms with E-state index in [1.165, 1.54) is 0 Å². The Morgan fingerprint density at radius 1 is 1.33 bits per heavy atom. The van der Waals surface area contributed by atoms with Crippen LogP contribution < -0.4 is 0 Å². The Hall–Kier alpha value is 0.249. The van der Waals surface area contributed by atoms with Gasteiger partial charge in [0.25, 0.3) is 0 Å². The monoisotopic (exact) mass is 203 g/mol. The van der Waals surface area contributed by atoms with E-state index in [1.54, 1.807) is 18.3 Å². The molecule has 1 aromatic rings. The minimum absolute atomic E-state index is 0. The summed E-state index contributed by atoms with van der Waals surface area (Å²) in [6.07, 6.45) is 1.59. The third-order valence-corrected chi connectivity index (χ3v) is 1.42. The minimum Gasteiger partial charge on any atom is -0.243 e. The van der Waals surface area contributed by atoms with Gasteiger partial charge >= 0.3 is 0 Å². The predicted molar refractivity (Wildman–Crippen MR) is 34.3 cm³/mol. The van der Waals surface area contributed by atoms with Gasteiger partial charge in [-0.25, -0.2) is 4.98 Å². The molecule has 0 saturated carbocycles. The van der Waals surface area contributed by atoms with Crippen molar-refractivity contribution in [1.82, 2.24) is 4.98 Å². The van der Waals surface area contributed by atoms with Crippen molar-refractivity contribution in [2.45, 2.75) is 0 Å². The van der Waals surface area contributed by atoms with E-state index in [4.69, 9.17) is 23.2 Å². The number of hydrogen-bond donors (Lipinski definition) is 0. The van der Waals surface area contributed by atoms with Crippen molar-refractivity contribution in [1.29, 1.82) is 0 Å². The van der Waals surface area contributed by atoms with Crippen molar-refractivity contribution in [3.8, 4) is 0 Å². The first-order valence-electron chi connectivity index (χ1n) is 2.07. The second-order valence-electron chi connectivity index (χ2n) is 1.28. The molecule has 9 heavy (non-hydrogen) atoms. The van der Waals surface area contributed by atoms with Crippen LogP contribution in [0.3, 0.4) is 0 Å². The largest absolute Gasteiger partial charge is 0.243 e. The molecule has 0 unspecified atom stereocenters. The molecular weight excluding hydrogens is 201 g/mol. The SMILES string of the molecule is Clc1cccnc1Cl.[Fe]. The van der Waals surface area contributed by atoms with Crippen LogP contribution in [0.4, 0.5) is 0 Å². The first-order valence-corrected chi connectivity index (χ1v) is 2.82. The molecule has 0 bridgehead atoms. The van der Waals surface area contributed by atoms with Crippen molar-refractivity contribution in [2.75, 3.05) is 0 Å². The molecule has 0 saturated heterocycles. The van der Waals surface area contributed by atoms with Crippen LogP contribution in [0.25, 0.3) is 0 Å². The summed E-state index contributed by atoms with van der Waals surface area (Å²) in [4.78, 5) is 3.71. The zero-order chi connectivity index (χ0) is 5.98. The van der Waals surface area contributed by atoms with E-state index in [9.17, 15) is 0 Å². The van der Waals surface area contributed by atoms with E-state index < -0.39 is 0 Å². The van der Waals surface area contributed by atoms with Gasteiger partial charge in [0.15, 0.2) is 0 Å². The van der Waals surface area contributed by atoms with Crippen LogP contribution in [-0.2, 0) is 17.1 Å². The normalized spacial score (nSPS) is 8.22. The van der Waals surface area contributed by atoms with Gasteiger partial charge in [0.1, 0.15) is 5.15 Å². The number of aromatic nitrogens is 1. The molecule has 0 amide bonds.